The topological polar surface area (TPSA) is 76.4 Å². The minimum atomic E-state index is -0.596. The van der Waals surface area contributed by atoms with Crippen molar-refractivity contribution in [1.29, 1.82) is 0 Å². The van der Waals surface area contributed by atoms with Crippen LogP contribution in [-0.4, -0.2) is 46.3 Å². The van der Waals surface area contributed by atoms with E-state index in [1.54, 1.807) is 10.7 Å². The quantitative estimate of drug-likeness (QED) is 0.858. The van der Waals surface area contributed by atoms with Gasteiger partial charge >= 0.3 is 0 Å². The van der Waals surface area contributed by atoms with Crippen molar-refractivity contribution >= 4 is 0 Å². The molecule has 1 aliphatic heterocycles. The zero-order valence-corrected chi connectivity index (χ0v) is 14.2. The largest absolute Gasteiger partial charge is 0.389 e. The average Bonchev–Trinajstić information content (AvgIpc) is 3.22. The first-order valence-electron chi connectivity index (χ1n) is 9.30. The molecule has 2 aliphatic carbocycles. The van der Waals surface area contributed by atoms with Gasteiger partial charge in [0.15, 0.2) is 0 Å². The zero-order chi connectivity index (χ0) is 16.6. The summed E-state index contributed by atoms with van der Waals surface area (Å²) in [5, 5.41) is 18.6. The molecule has 0 spiro atoms. The Morgan fingerprint density at radius 3 is 2.88 bits per heavy atom. The summed E-state index contributed by atoms with van der Waals surface area (Å²) in [6.45, 7) is 1.63. The van der Waals surface area contributed by atoms with Crippen LogP contribution in [0.2, 0.25) is 0 Å². The summed E-state index contributed by atoms with van der Waals surface area (Å²) in [6, 6.07) is 1.71. The third-order valence-electron chi connectivity index (χ3n) is 5.82. The summed E-state index contributed by atoms with van der Waals surface area (Å²) in [6.07, 6.45) is 8.12. The molecule has 0 aromatic carbocycles. The van der Waals surface area contributed by atoms with Crippen LogP contribution in [0, 0.1) is 0 Å². The van der Waals surface area contributed by atoms with E-state index in [0.717, 1.165) is 62.6 Å². The standard InChI is InChI=1S/C18H27N3O3/c22-17-9-13-5-1-2-6-14(13)20-21(17)16-11-24-10-15(16)19-12-18(23)7-3-4-8-18/h9,15-16,19,23H,1-8,10-12H2. The summed E-state index contributed by atoms with van der Waals surface area (Å²) in [5.41, 5.74) is 1.56. The van der Waals surface area contributed by atoms with Crippen molar-refractivity contribution in [3.05, 3.63) is 27.7 Å². The lowest BCUT2D eigenvalue weighted by atomic mass is 9.97. The molecular formula is C18H27N3O3. The van der Waals surface area contributed by atoms with E-state index in [9.17, 15) is 9.90 Å². The molecule has 2 fully saturated rings. The Morgan fingerprint density at radius 2 is 2.04 bits per heavy atom. The second kappa shape index (κ2) is 6.58. The van der Waals surface area contributed by atoms with Crippen molar-refractivity contribution in [3.63, 3.8) is 0 Å². The van der Waals surface area contributed by atoms with Crippen LogP contribution in [0.25, 0.3) is 0 Å². The zero-order valence-electron chi connectivity index (χ0n) is 14.2. The van der Waals surface area contributed by atoms with E-state index in [-0.39, 0.29) is 17.6 Å². The van der Waals surface area contributed by atoms with Gasteiger partial charge in [0.25, 0.3) is 5.56 Å². The Bertz CT molecular complexity index is 651. The van der Waals surface area contributed by atoms with E-state index in [2.05, 4.69) is 10.4 Å². The molecule has 6 nitrogen and oxygen atoms in total. The van der Waals surface area contributed by atoms with Crippen LogP contribution in [0.5, 0.6) is 0 Å². The van der Waals surface area contributed by atoms with Crippen LogP contribution in [-0.2, 0) is 17.6 Å². The molecule has 132 valence electrons. The maximum atomic E-state index is 12.5. The fourth-order valence-electron chi connectivity index (χ4n) is 4.32. The van der Waals surface area contributed by atoms with Crippen LogP contribution >= 0.6 is 0 Å². The fourth-order valence-corrected chi connectivity index (χ4v) is 4.32. The van der Waals surface area contributed by atoms with E-state index in [0.29, 0.717) is 19.8 Å². The van der Waals surface area contributed by atoms with Gasteiger partial charge in [-0.05, 0) is 44.1 Å². The van der Waals surface area contributed by atoms with Crippen LogP contribution < -0.4 is 10.9 Å². The summed E-state index contributed by atoms with van der Waals surface area (Å²) >= 11 is 0. The SMILES string of the molecule is O=c1cc2c(nn1C1COCC1NCC1(O)CCCC1)CCCC2. The van der Waals surface area contributed by atoms with Crippen molar-refractivity contribution in [2.24, 2.45) is 0 Å². The lowest BCUT2D eigenvalue weighted by Crippen LogP contribution is -2.47. The molecule has 24 heavy (non-hydrogen) atoms. The van der Waals surface area contributed by atoms with Gasteiger partial charge in [0.1, 0.15) is 0 Å². The highest BCUT2D eigenvalue weighted by Gasteiger charge is 2.36. The van der Waals surface area contributed by atoms with E-state index >= 15 is 0 Å². The Hall–Kier alpha value is -1.24. The maximum Gasteiger partial charge on any atom is 0.267 e. The lowest BCUT2D eigenvalue weighted by Gasteiger charge is -2.27. The number of hydrogen-bond donors (Lipinski definition) is 2. The third-order valence-corrected chi connectivity index (χ3v) is 5.82. The number of rotatable bonds is 4. The molecule has 2 heterocycles. The molecule has 2 unspecified atom stereocenters. The number of aromatic nitrogens is 2. The van der Waals surface area contributed by atoms with Crippen LogP contribution in [0.3, 0.4) is 0 Å². The molecule has 6 heteroatoms. The number of hydrogen-bond acceptors (Lipinski definition) is 5. The van der Waals surface area contributed by atoms with Gasteiger partial charge in [0.2, 0.25) is 0 Å². The van der Waals surface area contributed by atoms with Crippen molar-refractivity contribution < 1.29 is 9.84 Å². The van der Waals surface area contributed by atoms with Gasteiger partial charge in [-0.1, -0.05) is 12.8 Å². The highest BCUT2D eigenvalue weighted by atomic mass is 16.5. The van der Waals surface area contributed by atoms with E-state index in [1.807, 2.05) is 0 Å². The molecule has 0 radical (unpaired) electrons. The minimum absolute atomic E-state index is 0.0291. The molecule has 1 saturated heterocycles. The fraction of sp³-hybridized carbons (Fsp3) is 0.778. The number of aryl methyl sites for hydroxylation is 2. The molecule has 0 bridgehead atoms. The highest BCUT2D eigenvalue weighted by molar-refractivity contribution is 5.20. The van der Waals surface area contributed by atoms with Gasteiger partial charge in [0, 0.05) is 12.6 Å². The van der Waals surface area contributed by atoms with Gasteiger partial charge in [-0.2, -0.15) is 5.10 Å². The van der Waals surface area contributed by atoms with Gasteiger partial charge in [-0.3, -0.25) is 4.79 Å². The van der Waals surface area contributed by atoms with Crippen molar-refractivity contribution in [3.8, 4) is 0 Å². The molecule has 0 amide bonds. The van der Waals surface area contributed by atoms with Gasteiger partial charge in [-0.25, -0.2) is 4.68 Å². The molecule has 3 aliphatic rings. The second-order valence-corrected chi connectivity index (χ2v) is 7.63. The molecule has 4 rings (SSSR count). The normalized spacial score (nSPS) is 28.9. The van der Waals surface area contributed by atoms with Gasteiger partial charge < -0.3 is 15.2 Å². The summed E-state index contributed by atoms with van der Waals surface area (Å²) in [7, 11) is 0. The highest BCUT2D eigenvalue weighted by Crippen LogP contribution is 2.29. The molecule has 2 atom stereocenters. The molecule has 1 aromatic rings. The molecule has 1 saturated carbocycles. The number of fused-ring (bicyclic) bond motifs is 1. The van der Waals surface area contributed by atoms with E-state index < -0.39 is 5.60 Å². The van der Waals surface area contributed by atoms with Crippen LogP contribution in [0.4, 0.5) is 0 Å². The van der Waals surface area contributed by atoms with E-state index in [1.165, 1.54) is 0 Å². The summed E-state index contributed by atoms with van der Waals surface area (Å²) < 4.78 is 7.25. The first-order chi connectivity index (χ1) is 11.6. The minimum Gasteiger partial charge on any atom is -0.389 e. The van der Waals surface area contributed by atoms with Gasteiger partial charge in [0.05, 0.1) is 36.6 Å². The van der Waals surface area contributed by atoms with Crippen molar-refractivity contribution in [1.82, 2.24) is 15.1 Å². The predicted molar refractivity (Wildman–Crippen MR) is 90.2 cm³/mol. The van der Waals surface area contributed by atoms with Crippen LogP contribution in [0.1, 0.15) is 55.8 Å². The Morgan fingerprint density at radius 1 is 1.25 bits per heavy atom. The Balaban J connectivity index is 1.51. The maximum absolute atomic E-state index is 12.5. The van der Waals surface area contributed by atoms with E-state index in [4.69, 9.17) is 4.74 Å². The summed E-state index contributed by atoms with van der Waals surface area (Å²) in [5.74, 6) is 0. The number of ether oxygens (including phenoxy) is 1. The average molecular weight is 333 g/mol. The number of nitrogens with zero attached hydrogens (tertiary/aromatic N) is 2. The molecular weight excluding hydrogens is 306 g/mol. The predicted octanol–water partition coefficient (Wildman–Crippen LogP) is 0.957. The smallest absolute Gasteiger partial charge is 0.267 e. The summed E-state index contributed by atoms with van der Waals surface area (Å²) in [4.78, 5) is 12.5. The molecule has 1 aromatic heterocycles. The number of aliphatic hydroxyl groups is 1. The van der Waals surface area contributed by atoms with Crippen molar-refractivity contribution in [2.75, 3.05) is 19.8 Å². The number of nitrogens with one attached hydrogen (secondary N) is 1. The van der Waals surface area contributed by atoms with Crippen molar-refractivity contribution in [2.45, 2.75) is 69.1 Å². The Labute approximate surface area is 142 Å². The first kappa shape index (κ1) is 16.2. The monoisotopic (exact) mass is 333 g/mol. The third kappa shape index (κ3) is 3.15. The Kier molecular flexibility index (Phi) is 4.45. The first-order valence-corrected chi connectivity index (χ1v) is 9.30. The van der Waals surface area contributed by atoms with Crippen LogP contribution in [0.15, 0.2) is 10.9 Å². The van der Waals surface area contributed by atoms with Gasteiger partial charge in [-0.15, -0.1) is 0 Å². The second-order valence-electron chi connectivity index (χ2n) is 7.63. The lowest BCUT2D eigenvalue weighted by molar-refractivity contribution is 0.0432. The molecule has 2 N–H and O–H groups in total.